The van der Waals surface area contributed by atoms with E-state index >= 15 is 0 Å². The Kier molecular flexibility index (Phi) is 8.09. The van der Waals surface area contributed by atoms with Gasteiger partial charge in [0.15, 0.2) is 0 Å². The van der Waals surface area contributed by atoms with Crippen molar-refractivity contribution in [2.75, 3.05) is 6.54 Å². The van der Waals surface area contributed by atoms with E-state index < -0.39 is 48.1 Å². The van der Waals surface area contributed by atoms with Crippen LogP contribution in [0.5, 0.6) is 0 Å². The molecule has 2 aliphatic carbocycles. The Morgan fingerprint density at radius 2 is 2.03 bits per heavy atom. The van der Waals surface area contributed by atoms with Crippen molar-refractivity contribution >= 4 is 25.3 Å². The van der Waals surface area contributed by atoms with Gasteiger partial charge in [-0.3, -0.25) is 14.2 Å². The molecule has 5 atom stereocenters. The van der Waals surface area contributed by atoms with Gasteiger partial charge in [-0.1, -0.05) is 26.8 Å². The number of carbonyl (C=O) groups is 3. The second-order valence-electron chi connectivity index (χ2n) is 11.7. The van der Waals surface area contributed by atoms with Crippen LogP contribution in [0.15, 0.2) is 29.5 Å². The molecule has 3 fully saturated rings. The summed E-state index contributed by atoms with van der Waals surface area (Å²) in [5.41, 5.74) is -0.641. The molecule has 3 amide bonds. The summed E-state index contributed by atoms with van der Waals surface area (Å²) in [6.45, 7) is 9.62. The summed E-state index contributed by atoms with van der Waals surface area (Å²) in [5.74, 6) is -1.16. The molecule has 3 aliphatic rings. The lowest BCUT2D eigenvalue weighted by Gasteiger charge is -2.36. The van der Waals surface area contributed by atoms with Gasteiger partial charge in [0.25, 0.3) is 0 Å². The second-order valence-corrected chi connectivity index (χ2v) is 14.2. The first kappa shape index (κ1) is 28.4. The molecule has 1 saturated heterocycles. The van der Waals surface area contributed by atoms with Gasteiger partial charge in [-0.15, -0.1) is 6.58 Å². The molecule has 1 aliphatic heterocycles. The molecule has 0 bridgehead atoms. The van der Waals surface area contributed by atoms with E-state index in [2.05, 4.69) is 22.2 Å². The minimum absolute atomic E-state index is 0.112. The fraction of sp³-hybridized carbons (Fsp3) is 0.692. The Balaban J connectivity index is 1.47. The average Bonchev–Trinajstić information content (AvgIpc) is 3.34. The van der Waals surface area contributed by atoms with Crippen molar-refractivity contribution in [3.63, 3.8) is 0 Å². The number of hydrogen-bond acceptors (Lipinski definition) is 7. The third kappa shape index (κ3) is 5.83. The van der Waals surface area contributed by atoms with Gasteiger partial charge in [-0.05, 0) is 50.4 Å². The van der Waals surface area contributed by atoms with Crippen LogP contribution in [0.3, 0.4) is 0 Å². The summed E-state index contributed by atoms with van der Waals surface area (Å²) in [7, 11) is -4.00. The molecule has 0 spiro atoms. The van der Waals surface area contributed by atoms with Crippen LogP contribution in [0.1, 0.15) is 71.6 Å². The summed E-state index contributed by atoms with van der Waals surface area (Å²) in [4.78, 5) is 56.3. The van der Waals surface area contributed by atoms with E-state index in [4.69, 9.17) is 9.15 Å². The predicted molar refractivity (Wildman–Crippen MR) is 139 cm³/mol. The molecule has 38 heavy (non-hydrogen) atoms. The summed E-state index contributed by atoms with van der Waals surface area (Å²) in [6, 6.07) is -1.74. The number of nitrogens with zero attached hydrogens (tertiary/aromatic N) is 2. The van der Waals surface area contributed by atoms with Gasteiger partial charge in [-0.25, -0.2) is 9.78 Å². The summed E-state index contributed by atoms with van der Waals surface area (Å²) < 4.78 is 24.1. The molecule has 0 aromatic carbocycles. The van der Waals surface area contributed by atoms with Crippen molar-refractivity contribution in [3.05, 3.63) is 31.0 Å². The normalized spacial score (nSPS) is 27.8. The molecular formula is C26H39N4O7P. The number of rotatable bonds is 9. The van der Waals surface area contributed by atoms with Crippen molar-refractivity contribution in [2.24, 2.45) is 11.3 Å². The smallest absolute Gasteiger partial charge is 0.408 e. The van der Waals surface area contributed by atoms with E-state index in [1.807, 2.05) is 20.8 Å². The molecule has 1 aromatic rings. The molecular weight excluding hydrogens is 511 g/mol. The monoisotopic (exact) mass is 550 g/mol. The third-order valence-electron chi connectivity index (χ3n) is 7.85. The van der Waals surface area contributed by atoms with Crippen LogP contribution in [0.4, 0.5) is 4.79 Å². The van der Waals surface area contributed by atoms with E-state index in [0.717, 1.165) is 25.7 Å². The highest BCUT2D eigenvalue weighted by atomic mass is 31.2. The van der Waals surface area contributed by atoms with Gasteiger partial charge in [0, 0.05) is 12.5 Å². The Bertz CT molecular complexity index is 1100. The predicted octanol–water partition coefficient (Wildman–Crippen LogP) is 3.54. The average molecular weight is 551 g/mol. The molecule has 2 unspecified atom stereocenters. The number of hydrogen-bond donors (Lipinski definition) is 3. The van der Waals surface area contributed by atoms with E-state index in [1.165, 1.54) is 17.4 Å². The SMILES string of the molecule is C=C[C@@H]1C[C@]1(NC(=O)[C@@H]1CCCN1C(=O)C(NC(=O)OC1CCCC1)C(C)(C)C)P(=O)(O)Cc1ncco1. The van der Waals surface area contributed by atoms with E-state index in [1.54, 1.807) is 6.08 Å². The zero-order valence-electron chi connectivity index (χ0n) is 22.4. The number of carbonyl (C=O) groups excluding carboxylic acids is 3. The van der Waals surface area contributed by atoms with Crippen LogP contribution in [-0.4, -0.2) is 62.7 Å². The zero-order chi connectivity index (χ0) is 27.7. The van der Waals surface area contributed by atoms with E-state index in [0.29, 0.717) is 19.4 Å². The highest BCUT2D eigenvalue weighted by molar-refractivity contribution is 7.59. The minimum Gasteiger partial charge on any atom is -0.448 e. The number of amides is 3. The number of aromatic nitrogens is 1. The lowest BCUT2D eigenvalue weighted by molar-refractivity contribution is -0.142. The first-order valence-electron chi connectivity index (χ1n) is 13.3. The maximum Gasteiger partial charge on any atom is 0.408 e. The Hall–Kier alpha value is -2.65. The minimum atomic E-state index is -4.00. The second kappa shape index (κ2) is 10.8. The fourth-order valence-electron chi connectivity index (χ4n) is 5.57. The fourth-order valence-corrected chi connectivity index (χ4v) is 7.76. The van der Waals surface area contributed by atoms with Gasteiger partial charge in [0.1, 0.15) is 35.9 Å². The van der Waals surface area contributed by atoms with Gasteiger partial charge in [-0.2, -0.15) is 0 Å². The summed E-state index contributed by atoms with van der Waals surface area (Å²) in [5, 5.41) is 4.18. The standard InChI is InChI=1S/C26H39N4O7P/c1-5-17-15-26(17,38(34,35)16-20-27-12-14-36-20)29-22(31)19-11-8-13-30(19)23(32)21(25(2,3)4)28-24(33)37-18-9-6-7-10-18/h5,12,14,17-19,21H,1,6-11,13,15-16H2,2-4H3,(H,28,33)(H,29,31)(H,34,35)/t17-,19+,21?,26+/m1/s1. The lowest BCUT2D eigenvalue weighted by Crippen LogP contribution is -2.58. The molecule has 11 nitrogen and oxygen atoms in total. The van der Waals surface area contributed by atoms with Crippen LogP contribution in [0, 0.1) is 11.3 Å². The summed E-state index contributed by atoms with van der Waals surface area (Å²) >= 11 is 0. The molecule has 2 heterocycles. The van der Waals surface area contributed by atoms with Crippen molar-refractivity contribution in [1.29, 1.82) is 0 Å². The van der Waals surface area contributed by atoms with Gasteiger partial charge in [0.2, 0.25) is 25.1 Å². The Labute approximate surface area is 223 Å². The molecule has 3 N–H and O–H groups in total. The third-order valence-corrected chi connectivity index (χ3v) is 10.4. The Morgan fingerprint density at radius 3 is 2.61 bits per heavy atom. The molecule has 1 aromatic heterocycles. The number of ether oxygens (including phenoxy) is 1. The summed E-state index contributed by atoms with van der Waals surface area (Å²) in [6.07, 6.45) is 8.09. The maximum atomic E-state index is 13.7. The van der Waals surface area contributed by atoms with Crippen LogP contribution in [0.2, 0.25) is 0 Å². The topological polar surface area (TPSA) is 151 Å². The van der Waals surface area contributed by atoms with Crippen LogP contribution >= 0.6 is 7.37 Å². The van der Waals surface area contributed by atoms with Crippen molar-refractivity contribution < 1.29 is 33.0 Å². The van der Waals surface area contributed by atoms with Crippen molar-refractivity contribution in [1.82, 2.24) is 20.5 Å². The molecule has 0 radical (unpaired) electrons. The van der Waals surface area contributed by atoms with E-state index in [9.17, 15) is 23.8 Å². The van der Waals surface area contributed by atoms with Gasteiger partial charge in [0.05, 0.1) is 6.20 Å². The van der Waals surface area contributed by atoms with Crippen LogP contribution < -0.4 is 10.6 Å². The van der Waals surface area contributed by atoms with Crippen LogP contribution in [-0.2, 0) is 25.1 Å². The van der Waals surface area contributed by atoms with Crippen molar-refractivity contribution in [2.45, 2.75) is 95.3 Å². The number of alkyl carbamates (subject to hydrolysis) is 1. The number of likely N-dealkylation sites (tertiary alicyclic amines) is 1. The number of nitrogens with one attached hydrogen (secondary N) is 2. The van der Waals surface area contributed by atoms with E-state index in [-0.39, 0.29) is 30.5 Å². The quantitative estimate of drug-likeness (QED) is 0.312. The molecule has 12 heteroatoms. The first-order chi connectivity index (χ1) is 17.9. The molecule has 210 valence electrons. The molecule has 2 saturated carbocycles. The zero-order valence-corrected chi connectivity index (χ0v) is 23.2. The van der Waals surface area contributed by atoms with Gasteiger partial charge >= 0.3 is 6.09 Å². The van der Waals surface area contributed by atoms with Gasteiger partial charge < -0.3 is 29.6 Å². The highest BCUT2D eigenvalue weighted by Crippen LogP contribution is 2.70. The Morgan fingerprint density at radius 1 is 1.32 bits per heavy atom. The largest absolute Gasteiger partial charge is 0.448 e. The van der Waals surface area contributed by atoms with Crippen molar-refractivity contribution in [3.8, 4) is 0 Å². The lowest BCUT2D eigenvalue weighted by atomic mass is 9.85. The first-order valence-corrected chi connectivity index (χ1v) is 15.1. The number of oxazole rings is 1. The van der Waals surface area contributed by atoms with Crippen LogP contribution in [0.25, 0.3) is 0 Å². The maximum absolute atomic E-state index is 13.7. The highest BCUT2D eigenvalue weighted by Gasteiger charge is 2.66. The molecule has 4 rings (SSSR count).